The lowest BCUT2D eigenvalue weighted by atomic mass is 10.1. The molecule has 6 nitrogen and oxygen atoms in total. The molecule has 1 unspecified atom stereocenters. The Kier molecular flexibility index (Phi) is 6.81. The van der Waals surface area contributed by atoms with Crippen LogP contribution in [0.2, 0.25) is 0 Å². The zero-order valence-corrected chi connectivity index (χ0v) is 11.4. The molecular formula is C14H19N3O3. The topological polar surface area (TPSA) is 87.3 Å². The molecule has 3 amide bonds. The predicted octanol–water partition coefficient (Wildman–Crippen LogP) is -0.404. The van der Waals surface area contributed by atoms with E-state index >= 15 is 0 Å². The molecule has 0 aliphatic rings. The molecule has 0 aliphatic heterocycles. The third-order valence-electron chi connectivity index (χ3n) is 2.63. The zero-order chi connectivity index (χ0) is 14.8. The van der Waals surface area contributed by atoms with E-state index in [1.165, 1.54) is 0 Å². The highest BCUT2D eigenvalue weighted by Gasteiger charge is 2.20. The van der Waals surface area contributed by atoms with Gasteiger partial charge in [0, 0.05) is 13.0 Å². The van der Waals surface area contributed by atoms with Crippen molar-refractivity contribution in [3.8, 4) is 0 Å². The molecule has 1 aromatic rings. The van der Waals surface area contributed by atoms with Crippen molar-refractivity contribution in [1.29, 1.82) is 0 Å². The second-order valence-electron chi connectivity index (χ2n) is 4.20. The van der Waals surface area contributed by atoms with Crippen LogP contribution < -0.4 is 16.0 Å². The minimum atomic E-state index is -0.654. The molecule has 108 valence electrons. The summed E-state index contributed by atoms with van der Waals surface area (Å²) in [4.78, 5) is 33.7. The highest BCUT2D eigenvalue weighted by atomic mass is 16.2. The van der Waals surface area contributed by atoms with Crippen molar-refractivity contribution in [2.45, 2.75) is 19.4 Å². The molecule has 0 radical (unpaired) electrons. The average Bonchev–Trinajstić information content (AvgIpc) is 2.46. The van der Waals surface area contributed by atoms with Crippen LogP contribution in [-0.2, 0) is 20.8 Å². The molecule has 0 fully saturated rings. The van der Waals surface area contributed by atoms with Gasteiger partial charge in [0.05, 0.1) is 6.54 Å². The van der Waals surface area contributed by atoms with E-state index in [0.29, 0.717) is 19.4 Å². The number of likely N-dealkylation sites (N-methyl/N-ethyl adjacent to an activating group) is 1. The second kappa shape index (κ2) is 8.68. The van der Waals surface area contributed by atoms with Gasteiger partial charge in [0.2, 0.25) is 18.2 Å². The second-order valence-corrected chi connectivity index (χ2v) is 4.20. The smallest absolute Gasteiger partial charge is 0.242 e. The lowest BCUT2D eigenvalue weighted by Gasteiger charge is -2.18. The third kappa shape index (κ3) is 5.51. The Hall–Kier alpha value is -2.37. The van der Waals surface area contributed by atoms with Crippen LogP contribution in [0.5, 0.6) is 0 Å². The molecule has 0 aromatic heterocycles. The molecule has 1 rings (SSSR count). The molecule has 20 heavy (non-hydrogen) atoms. The number of benzene rings is 1. The van der Waals surface area contributed by atoms with Crippen molar-refractivity contribution in [1.82, 2.24) is 16.0 Å². The maximum absolute atomic E-state index is 11.9. The Morgan fingerprint density at radius 1 is 1.25 bits per heavy atom. The van der Waals surface area contributed by atoms with Gasteiger partial charge in [-0.1, -0.05) is 30.3 Å². The molecule has 6 heteroatoms. The van der Waals surface area contributed by atoms with Crippen molar-refractivity contribution in [3.63, 3.8) is 0 Å². The molecule has 0 bridgehead atoms. The molecule has 0 aliphatic carbocycles. The number of hydrogen-bond acceptors (Lipinski definition) is 3. The van der Waals surface area contributed by atoms with Crippen LogP contribution >= 0.6 is 0 Å². The summed E-state index contributed by atoms with van der Waals surface area (Å²) in [6.45, 7) is 2.16. The van der Waals surface area contributed by atoms with Gasteiger partial charge in [0.1, 0.15) is 6.04 Å². The minimum absolute atomic E-state index is 0.145. The van der Waals surface area contributed by atoms with Crippen molar-refractivity contribution >= 4 is 18.2 Å². The first-order valence-corrected chi connectivity index (χ1v) is 6.45. The fraction of sp³-hybridized carbons (Fsp3) is 0.357. The number of carbonyl (C=O) groups excluding carboxylic acids is 3. The van der Waals surface area contributed by atoms with E-state index in [2.05, 4.69) is 16.0 Å². The van der Waals surface area contributed by atoms with E-state index < -0.39 is 11.9 Å². The Morgan fingerprint density at radius 2 is 1.95 bits per heavy atom. The van der Waals surface area contributed by atoms with Crippen LogP contribution in [0.1, 0.15) is 12.5 Å². The van der Waals surface area contributed by atoms with Crippen molar-refractivity contribution in [2.24, 2.45) is 0 Å². The Morgan fingerprint density at radius 3 is 2.55 bits per heavy atom. The SMILES string of the molecule is CCNC(=O)C(Cc1ccccc1)NC(=O)CNC=O. The summed E-state index contributed by atoms with van der Waals surface area (Å²) in [5.41, 5.74) is 0.951. The monoisotopic (exact) mass is 277 g/mol. The largest absolute Gasteiger partial charge is 0.355 e. The van der Waals surface area contributed by atoms with E-state index in [0.717, 1.165) is 5.56 Å². The normalized spacial score (nSPS) is 11.2. The molecular weight excluding hydrogens is 258 g/mol. The maximum Gasteiger partial charge on any atom is 0.242 e. The van der Waals surface area contributed by atoms with Crippen LogP contribution in [0.25, 0.3) is 0 Å². The number of nitrogens with one attached hydrogen (secondary N) is 3. The van der Waals surface area contributed by atoms with E-state index in [1.54, 1.807) is 0 Å². The number of hydrogen-bond donors (Lipinski definition) is 3. The number of amides is 3. The molecule has 0 heterocycles. The van der Waals surface area contributed by atoms with Gasteiger partial charge in [-0.15, -0.1) is 0 Å². The van der Waals surface area contributed by atoms with Gasteiger partial charge in [0.25, 0.3) is 0 Å². The molecule has 1 aromatic carbocycles. The summed E-state index contributed by atoms with van der Waals surface area (Å²) >= 11 is 0. The van der Waals surface area contributed by atoms with E-state index in [9.17, 15) is 14.4 Å². The van der Waals surface area contributed by atoms with E-state index in [1.807, 2.05) is 37.3 Å². The molecule has 0 saturated heterocycles. The predicted molar refractivity (Wildman–Crippen MR) is 74.8 cm³/mol. The Bertz CT molecular complexity index is 448. The maximum atomic E-state index is 11.9. The molecule has 1 atom stereocenters. The van der Waals surface area contributed by atoms with Gasteiger partial charge in [-0.05, 0) is 12.5 Å². The minimum Gasteiger partial charge on any atom is -0.355 e. The lowest BCUT2D eigenvalue weighted by molar-refractivity contribution is -0.128. The van der Waals surface area contributed by atoms with Gasteiger partial charge in [-0.25, -0.2) is 0 Å². The number of rotatable bonds is 8. The Balaban J connectivity index is 2.67. The van der Waals surface area contributed by atoms with Crippen LogP contribution in [0.4, 0.5) is 0 Å². The standard InChI is InChI=1S/C14H19N3O3/c1-2-16-14(20)12(17-13(19)9-15-10-18)8-11-6-4-3-5-7-11/h3-7,10,12H,2,8-9H2,1H3,(H,15,18)(H,16,20)(H,17,19). The van der Waals surface area contributed by atoms with Crippen LogP contribution in [0.3, 0.4) is 0 Å². The summed E-state index contributed by atoms with van der Waals surface area (Å²) in [5.74, 6) is -0.639. The first-order valence-electron chi connectivity index (χ1n) is 6.45. The van der Waals surface area contributed by atoms with Crippen LogP contribution in [-0.4, -0.2) is 37.4 Å². The zero-order valence-electron chi connectivity index (χ0n) is 11.4. The lowest BCUT2D eigenvalue weighted by Crippen LogP contribution is -2.50. The first kappa shape index (κ1) is 15.7. The van der Waals surface area contributed by atoms with Gasteiger partial charge >= 0.3 is 0 Å². The summed E-state index contributed by atoms with van der Waals surface area (Å²) in [6, 6.07) is 8.76. The fourth-order valence-electron chi connectivity index (χ4n) is 1.74. The summed E-state index contributed by atoms with van der Waals surface area (Å²) in [7, 11) is 0. The van der Waals surface area contributed by atoms with Crippen molar-refractivity contribution in [2.75, 3.05) is 13.1 Å². The molecule has 0 saturated carbocycles. The molecule has 0 spiro atoms. The first-order chi connectivity index (χ1) is 9.67. The van der Waals surface area contributed by atoms with Crippen molar-refractivity contribution in [3.05, 3.63) is 35.9 Å². The van der Waals surface area contributed by atoms with Crippen LogP contribution in [0.15, 0.2) is 30.3 Å². The summed E-state index contributed by atoms with van der Waals surface area (Å²) < 4.78 is 0. The number of carbonyl (C=O) groups is 3. The van der Waals surface area contributed by atoms with Gasteiger partial charge in [-0.2, -0.15) is 0 Å². The third-order valence-corrected chi connectivity index (χ3v) is 2.63. The summed E-state index contributed by atoms with van der Waals surface area (Å²) in [6.07, 6.45) is 0.845. The van der Waals surface area contributed by atoms with E-state index in [-0.39, 0.29) is 12.5 Å². The van der Waals surface area contributed by atoms with Gasteiger partial charge in [0.15, 0.2) is 0 Å². The highest BCUT2D eigenvalue weighted by Crippen LogP contribution is 2.03. The van der Waals surface area contributed by atoms with Gasteiger partial charge < -0.3 is 16.0 Å². The van der Waals surface area contributed by atoms with Crippen molar-refractivity contribution < 1.29 is 14.4 Å². The quantitative estimate of drug-likeness (QED) is 0.565. The average molecular weight is 277 g/mol. The van der Waals surface area contributed by atoms with Gasteiger partial charge in [-0.3, -0.25) is 14.4 Å². The summed E-state index contributed by atoms with van der Waals surface area (Å²) in [5, 5.41) is 7.56. The fourth-order valence-corrected chi connectivity index (χ4v) is 1.74. The Labute approximate surface area is 117 Å². The van der Waals surface area contributed by atoms with E-state index in [4.69, 9.17) is 0 Å². The molecule has 3 N–H and O–H groups in total. The highest BCUT2D eigenvalue weighted by molar-refractivity contribution is 5.89. The van der Waals surface area contributed by atoms with Crippen LogP contribution in [0, 0.1) is 0 Å².